The highest BCUT2D eigenvalue weighted by atomic mass is 32.2. The summed E-state index contributed by atoms with van der Waals surface area (Å²) in [4.78, 5) is 12.9. The molecule has 0 unspecified atom stereocenters. The first-order valence-corrected chi connectivity index (χ1v) is 13.4. The highest BCUT2D eigenvalue weighted by Gasteiger charge is 2.28. The van der Waals surface area contributed by atoms with E-state index in [4.69, 9.17) is 0 Å². The van der Waals surface area contributed by atoms with Crippen molar-refractivity contribution in [2.45, 2.75) is 43.4 Å². The Morgan fingerprint density at radius 1 is 1.06 bits per heavy atom. The summed E-state index contributed by atoms with van der Waals surface area (Å²) in [6, 6.07) is 11.9. The third-order valence-corrected chi connectivity index (χ3v) is 8.72. The Morgan fingerprint density at radius 3 is 2.44 bits per heavy atom. The Morgan fingerprint density at radius 2 is 1.78 bits per heavy atom. The van der Waals surface area contributed by atoms with Gasteiger partial charge < -0.3 is 0 Å². The lowest BCUT2D eigenvalue weighted by Crippen LogP contribution is -2.38. The molecule has 1 amide bonds. The molecule has 0 saturated heterocycles. The molecule has 1 N–H and O–H groups in total. The minimum atomic E-state index is -3.96. The Hall–Kier alpha value is -2.43. The van der Waals surface area contributed by atoms with Crippen LogP contribution in [0, 0.1) is 20.8 Å². The van der Waals surface area contributed by atoms with E-state index in [0.717, 1.165) is 37.5 Å². The third-order valence-electron chi connectivity index (χ3n) is 4.76. The number of aromatic nitrogens is 2. The zero-order chi connectivity index (χ0) is 23.3. The number of nitrogens with one attached hydrogen (secondary N) is 1. The molecule has 32 heavy (non-hydrogen) atoms. The average Bonchev–Trinajstić information content (AvgIpc) is 3.20. The van der Waals surface area contributed by atoms with Crippen LogP contribution in [-0.4, -0.2) is 36.8 Å². The molecule has 7 nitrogen and oxygen atoms in total. The molecule has 3 rings (SSSR count). The topological polar surface area (TPSA) is 92.3 Å². The molecule has 1 aromatic heterocycles. The first kappa shape index (κ1) is 24.2. The van der Waals surface area contributed by atoms with Crippen molar-refractivity contribution in [3.63, 3.8) is 0 Å². The zero-order valence-corrected chi connectivity index (χ0v) is 20.9. The molecule has 0 spiro atoms. The number of amides is 1. The Kier molecular flexibility index (Phi) is 7.91. The van der Waals surface area contributed by atoms with Crippen LogP contribution < -0.4 is 9.62 Å². The predicted molar refractivity (Wildman–Crippen MR) is 131 cm³/mol. The van der Waals surface area contributed by atoms with Crippen LogP contribution in [0.3, 0.4) is 0 Å². The maximum absolute atomic E-state index is 13.5. The van der Waals surface area contributed by atoms with Crippen LogP contribution in [-0.2, 0) is 14.8 Å². The summed E-state index contributed by atoms with van der Waals surface area (Å²) >= 11 is 2.85. The predicted octanol–water partition coefficient (Wildman–Crippen LogP) is 4.80. The van der Waals surface area contributed by atoms with Gasteiger partial charge in [0.1, 0.15) is 6.54 Å². The van der Waals surface area contributed by atoms with Crippen molar-refractivity contribution in [3.8, 4) is 0 Å². The fourth-order valence-corrected chi connectivity index (χ4v) is 5.94. The van der Waals surface area contributed by atoms with Gasteiger partial charge in [-0.25, -0.2) is 8.42 Å². The van der Waals surface area contributed by atoms with Gasteiger partial charge in [-0.1, -0.05) is 53.8 Å². The van der Waals surface area contributed by atoms with Crippen molar-refractivity contribution in [1.82, 2.24) is 10.2 Å². The monoisotopic (exact) mass is 490 g/mol. The van der Waals surface area contributed by atoms with E-state index in [0.29, 0.717) is 10.8 Å². The highest BCUT2D eigenvalue weighted by Crippen LogP contribution is 2.28. The molecule has 10 heteroatoms. The molecule has 3 aromatic rings. The van der Waals surface area contributed by atoms with Gasteiger partial charge in [0.05, 0.1) is 10.6 Å². The number of anilines is 2. The molecular weight excluding hydrogens is 464 g/mol. The second-order valence-electron chi connectivity index (χ2n) is 7.36. The molecule has 0 bridgehead atoms. The molecule has 0 aliphatic rings. The molecule has 0 fully saturated rings. The van der Waals surface area contributed by atoms with E-state index in [-0.39, 0.29) is 11.4 Å². The lowest BCUT2D eigenvalue weighted by Gasteiger charge is -2.24. The maximum atomic E-state index is 13.5. The van der Waals surface area contributed by atoms with Crippen LogP contribution in [0.2, 0.25) is 0 Å². The minimum Gasteiger partial charge on any atom is -0.299 e. The second kappa shape index (κ2) is 10.5. The van der Waals surface area contributed by atoms with Gasteiger partial charge in [0.15, 0.2) is 4.34 Å². The molecule has 0 aliphatic carbocycles. The number of rotatable bonds is 9. The van der Waals surface area contributed by atoms with Gasteiger partial charge in [0.2, 0.25) is 11.0 Å². The Labute approximate surface area is 197 Å². The van der Waals surface area contributed by atoms with Crippen LogP contribution in [0.15, 0.2) is 51.7 Å². The van der Waals surface area contributed by atoms with E-state index in [1.165, 1.54) is 11.3 Å². The molecular formula is C22H26N4O3S3. The summed E-state index contributed by atoms with van der Waals surface area (Å²) in [5.74, 6) is 0.430. The minimum absolute atomic E-state index is 0.128. The van der Waals surface area contributed by atoms with Crippen molar-refractivity contribution in [1.29, 1.82) is 0 Å². The standard InChI is InChI=1S/C22H26N4O3S3/c1-5-12-30-22-25-24-21(31-22)23-20(27)14-26(18-9-8-16(3)17(4)13-18)32(28,29)19-10-6-15(2)7-11-19/h6-11,13H,5,12,14H2,1-4H3,(H,23,24,27). The van der Waals surface area contributed by atoms with Crippen LogP contribution in [0.5, 0.6) is 0 Å². The lowest BCUT2D eigenvalue weighted by molar-refractivity contribution is -0.114. The van der Waals surface area contributed by atoms with Gasteiger partial charge in [0.25, 0.3) is 10.0 Å². The third kappa shape index (κ3) is 5.87. The summed E-state index contributed by atoms with van der Waals surface area (Å²) in [5.41, 5.74) is 3.36. The van der Waals surface area contributed by atoms with Gasteiger partial charge in [-0.05, 0) is 62.6 Å². The number of carbonyl (C=O) groups is 1. The molecule has 170 valence electrons. The highest BCUT2D eigenvalue weighted by molar-refractivity contribution is 8.01. The molecule has 0 saturated carbocycles. The SMILES string of the molecule is CCCSc1nnc(NC(=O)CN(c2ccc(C)c(C)c2)S(=O)(=O)c2ccc(C)cc2)s1. The molecule has 0 aliphatic heterocycles. The number of hydrogen-bond donors (Lipinski definition) is 1. The van der Waals surface area contributed by atoms with E-state index in [9.17, 15) is 13.2 Å². The first-order chi connectivity index (χ1) is 15.2. The molecule has 2 aromatic carbocycles. The largest absolute Gasteiger partial charge is 0.299 e. The van der Waals surface area contributed by atoms with Gasteiger partial charge in [-0.3, -0.25) is 14.4 Å². The molecule has 1 heterocycles. The lowest BCUT2D eigenvalue weighted by atomic mass is 10.1. The summed E-state index contributed by atoms with van der Waals surface area (Å²) in [5, 5.41) is 11.1. The maximum Gasteiger partial charge on any atom is 0.264 e. The van der Waals surface area contributed by atoms with Crippen molar-refractivity contribution in [2.24, 2.45) is 0 Å². The van der Waals surface area contributed by atoms with Crippen LogP contribution in [0.4, 0.5) is 10.8 Å². The van der Waals surface area contributed by atoms with E-state index < -0.39 is 15.9 Å². The first-order valence-electron chi connectivity index (χ1n) is 10.1. The van der Waals surface area contributed by atoms with E-state index in [1.807, 2.05) is 26.8 Å². The van der Waals surface area contributed by atoms with Crippen LogP contribution in [0.1, 0.15) is 30.0 Å². The summed E-state index contributed by atoms with van der Waals surface area (Å²) < 4.78 is 28.8. The number of benzene rings is 2. The zero-order valence-electron chi connectivity index (χ0n) is 18.5. The smallest absolute Gasteiger partial charge is 0.264 e. The van der Waals surface area contributed by atoms with Gasteiger partial charge in [0, 0.05) is 5.75 Å². The number of thioether (sulfide) groups is 1. The number of hydrogen-bond acceptors (Lipinski definition) is 7. The van der Waals surface area contributed by atoms with Gasteiger partial charge in [-0.2, -0.15) is 0 Å². The molecule has 0 radical (unpaired) electrons. The van der Waals surface area contributed by atoms with Crippen molar-refractivity contribution < 1.29 is 13.2 Å². The summed E-state index contributed by atoms with van der Waals surface area (Å²) in [6.45, 7) is 7.45. The van der Waals surface area contributed by atoms with E-state index >= 15 is 0 Å². The Bertz CT molecular complexity index is 1190. The van der Waals surface area contributed by atoms with Gasteiger partial charge >= 0.3 is 0 Å². The number of nitrogens with zero attached hydrogens (tertiary/aromatic N) is 3. The summed E-state index contributed by atoms with van der Waals surface area (Å²) in [6.07, 6.45) is 1.01. The van der Waals surface area contributed by atoms with Crippen molar-refractivity contribution >= 4 is 49.8 Å². The van der Waals surface area contributed by atoms with Crippen LogP contribution in [0.25, 0.3) is 0 Å². The molecule has 0 atom stereocenters. The van der Waals surface area contributed by atoms with Crippen molar-refractivity contribution in [2.75, 3.05) is 21.9 Å². The fraction of sp³-hybridized carbons (Fsp3) is 0.318. The van der Waals surface area contributed by atoms with Crippen LogP contribution >= 0.6 is 23.1 Å². The normalized spacial score (nSPS) is 11.4. The van der Waals surface area contributed by atoms with Crippen molar-refractivity contribution in [3.05, 3.63) is 59.2 Å². The van der Waals surface area contributed by atoms with Gasteiger partial charge in [-0.15, -0.1) is 10.2 Å². The average molecular weight is 491 g/mol. The Balaban J connectivity index is 1.88. The second-order valence-corrected chi connectivity index (χ2v) is 11.5. The number of carbonyl (C=O) groups excluding carboxylic acids is 1. The van der Waals surface area contributed by atoms with E-state index in [2.05, 4.69) is 22.4 Å². The summed E-state index contributed by atoms with van der Waals surface area (Å²) in [7, 11) is -3.96. The number of sulfonamides is 1. The number of aryl methyl sites for hydroxylation is 3. The fourth-order valence-electron chi connectivity index (χ4n) is 2.83. The van der Waals surface area contributed by atoms with E-state index in [1.54, 1.807) is 48.2 Å². The quantitative estimate of drug-likeness (QED) is 0.342.